The molecule has 29 heavy (non-hydrogen) atoms. The van der Waals surface area contributed by atoms with Crippen LogP contribution in [-0.4, -0.2) is 11.9 Å². The standard InChI is InChI=1S/C26H15NO2/c28-26-22(27-25(29-26)19-5-2-1-3-6-19)15-20-12-11-18-10-9-16-7-4-8-17-13-14-21(20)24(18)23(16)17/h1-15H. The van der Waals surface area contributed by atoms with Gasteiger partial charge >= 0.3 is 5.97 Å². The van der Waals surface area contributed by atoms with E-state index in [0.717, 1.165) is 16.5 Å². The van der Waals surface area contributed by atoms with Crippen LogP contribution in [-0.2, 0) is 9.53 Å². The maximum atomic E-state index is 12.4. The molecule has 136 valence electrons. The summed E-state index contributed by atoms with van der Waals surface area (Å²) in [5.41, 5.74) is 2.07. The van der Waals surface area contributed by atoms with Crippen LogP contribution in [0, 0.1) is 0 Å². The van der Waals surface area contributed by atoms with Gasteiger partial charge in [-0.25, -0.2) is 9.79 Å². The lowest BCUT2D eigenvalue weighted by Crippen LogP contribution is -2.04. The van der Waals surface area contributed by atoms with Crippen molar-refractivity contribution < 1.29 is 9.53 Å². The van der Waals surface area contributed by atoms with Crippen molar-refractivity contribution in [2.45, 2.75) is 0 Å². The summed E-state index contributed by atoms with van der Waals surface area (Å²) in [6.45, 7) is 0. The second-order valence-corrected chi connectivity index (χ2v) is 7.21. The van der Waals surface area contributed by atoms with Crippen LogP contribution in [0.25, 0.3) is 38.4 Å². The number of nitrogens with zero attached hydrogens (tertiary/aromatic N) is 1. The summed E-state index contributed by atoms with van der Waals surface area (Å²) in [6, 6.07) is 28.5. The maximum Gasteiger partial charge on any atom is 0.363 e. The lowest BCUT2D eigenvalue weighted by atomic mass is 9.92. The monoisotopic (exact) mass is 373 g/mol. The molecule has 5 aromatic rings. The summed E-state index contributed by atoms with van der Waals surface area (Å²) >= 11 is 0. The first-order valence-corrected chi connectivity index (χ1v) is 9.52. The van der Waals surface area contributed by atoms with Crippen molar-refractivity contribution in [3.63, 3.8) is 0 Å². The number of cyclic esters (lactones) is 1. The van der Waals surface area contributed by atoms with E-state index in [2.05, 4.69) is 53.5 Å². The molecule has 0 bridgehead atoms. The fraction of sp³-hybridized carbons (Fsp3) is 0. The van der Waals surface area contributed by atoms with E-state index >= 15 is 0 Å². The maximum absolute atomic E-state index is 12.4. The Morgan fingerprint density at radius 1 is 0.690 bits per heavy atom. The Labute approximate surface area is 166 Å². The van der Waals surface area contributed by atoms with Gasteiger partial charge in [-0.2, -0.15) is 0 Å². The second kappa shape index (κ2) is 6.01. The van der Waals surface area contributed by atoms with Crippen LogP contribution in [0.5, 0.6) is 0 Å². The van der Waals surface area contributed by atoms with Crippen molar-refractivity contribution in [3.8, 4) is 0 Å². The average molecular weight is 373 g/mol. The van der Waals surface area contributed by atoms with Crippen LogP contribution in [0.2, 0.25) is 0 Å². The largest absolute Gasteiger partial charge is 0.402 e. The van der Waals surface area contributed by atoms with Gasteiger partial charge in [0.2, 0.25) is 5.90 Å². The lowest BCUT2D eigenvalue weighted by Gasteiger charge is -2.12. The predicted molar refractivity (Wildman–Crippen MR) is 117 cm³/mol. The molecule has 0 fully saturated rings. The molecule has 0 aliphatic carbocycles. The number of esters is 1. The van der Waals surface area contributed by atoms with Crippen molar-refractivity contribution in [1.29, 1.82) is 0 Å². The van der Waals surface area contributed by atoms with E-state index < -0.39 is 5.97 Å². The third-order valence-electron chi connectivity index (χ3n) is 5.50. The first-order valence-electron chi connectivity index (χ1n) is 9.52. The summed E-state index contributed by atoms with van der Waals surface area (Å²) < 4.78 is 5.40. The fourth-order valence-electron chi connectivity index (χ4n) is 4.14. The zero-order chi connectivity index (χ0) is 19.4. The number of ether oxygens (including phenoxy) is 1. The van der Waals surface area contributed by atoms with Gasteiger partial charge in [-0.3, -0.25) is 0 Å². The van der Waals surface area contributed by atoms with Crippen molar-refractivity contribution in [2.75, 3.05) is 0 Å². The van der Waals surface area contributed by atoms with Gasteiger partial charge in [0, 0.05) is 5.56 Å². The highest BCUT2D eigenvalue weighted by atomic mass is 16.6. The summed E-state index contributed by atoms with van der Waals surface area (Å²) in [6.07, 6.45) is 1.82. The van der Waals surface area contributed by atoms with Crippen LogP contribution >= 0.6 is 0 Å². The van der Waals surface area contributed by atoms with Crippen molar-refractivity contribution in [1.82, 2.24) is 0 Å². The molecule has 5 aromatic carbocycles. The summed E-state index contributed by atoms with van der Waals surface area (Å²) in [4.78, 5) is 16.9. The molecule has 6 rings (SSSR count). The molecule has 0 amide bonds. The number of carbonyl (C=O) groups is 1. The second-order valence-electron chi connectivity index (χ2n) is 7.21. The number of benzene rings is 5. The summed E-state index contributed by atoms with van der Waals surface area (Å²) in [5.74, 6) is -0.0749. The average Bonchev–Trinajstić information content (AvgIpc) is 3.14. The topological polar surface area (TPSA) is 38.7 Å². The summed E-state index contributed by atoms with van der Waals surface area (Å²) in [5, 5.41) is 7.20. The number of hydrogen-bond donors (Lipinski definition) is 0. The Balaban J connectivity index is 1.56. The van der Waals surface area contributed by atoms with Gasteiger partial charge in [0.1, 0.15) is 0 Å². The molecule has 0 atom stereocenters. The first-order chi connectivity index (χ1) is 14.3. The van der Waals surface area contributed by atoms with Crippen LogP contribution in [0.1, 0.15) is 11.1 Å². The molecule has 0 saturated heterocycles. The SMILES string of the molecule is O=C1OC(c2ccccc2)=NC1=Cc1ccc2ccc3cccc4ccc1c2c34. The van der Waals surface area contributed by atoms with E-state index in [1.165, 1.54) is 26.9 Å². The van der Waals surface area contributed by atoms with Crippen molar-refractivity contribution in [3.05, 3.63) is 102 Å². The lowest BCUT2D eigenvalue weighted by molar-refractivity contribution is -0.129. The minimum atomic E-state index is -0.422. The summed E-state index contributed by atoms with van der Waals surface area (Å²) in [7, 11) is 0. The number of carbonyl (C=O) groups excluding carboxylic acids is 1. The Kier molecular flexibility index (Phi) is 3.32. The third kappa shape index (κ3) is 2.44. The molecule has 1 heterocycles. The van der Waals surface area contributed by atoms with E-state index in [1.54, 1.807) is 0 Å². The molecule has 0 saturated carbocycles. The normalized spacial score (nSPS) is 15.5. The van der Waals surface area contributed by atoms with E-state index in [9.17, 15) is 4.79 Å². The fourth-order valence-corrected chi connectivity index (χ4v) is 4.14. The van der Waals surface area contributed by atoms with Crippen molar-refractivity contribution >= 4 is 50.3 Å². The molecule has 3 nitrogen and oxygen atoms in total. The highest BCUT2D eigenvalue weighted by molar-refractivity contribution is 6.24. The predicted octanol–water partition coefficient (Wildman–Crippen LogP) is 5.93. The van der Waals surface area contributed by atoms with E-state index in [-0.39, 0.29) is 0 Å². The Morgan fingerprint density at radius 3 is 2.17 bits per heavy atom. The molecule has 1 aliphatic rings. The molecular weight excluding hydrogens is 358 g/mol. The number of aliphatic imine (C=N–C) groups is 1. The molecule has 1 aliphatic heterocycles. The van der Waals surface area contributed by atoms with Crippen LogP contribution in [0.15, 0.2) is 95.6 Å². The van der Waals surface area contributed by atoms with E-state index in [4.69, 9.17) is 4.74 Å². The van der Waals surface area contributed by atoms with E-state index in [1.807, 2.05) is 42.5 Å². The van der Waals surface area contributed by atoms with Gasteiger partial charge in [0.05, 0.1) is 0 Å². The van der Waals surface area contributed by atoms with Crippen molar-refractivity contribution in [2.24, 2.45) is 4.99 Å². The van der Waals surface area contributed by atoms with Crippen LogP contribution in [0.3, 0.4) is 0 Å². The van der Waals surface area contributed by atoms with Crippen LogP contribution in [0.4, 0.5) is 0 Å². The Morgan fingerprint density at radius 2 is 1.38 bits per heavy atom. The highest BCUT2D eigenvalue weighted by Gasteiger charge is 2.24. The minimum absolute atomic E-state index is 0.318. The minimum Gasteiger partial charge on any atom is -0.402 e. The zero-order valence-electron chi connectivity index (χ0n) is 15.4. The molecule has 0 N–H and O–H groups in total. The zero-order valence-corrected chi connectivity index (χ0v) is 15.4. The van der Waals surface area contributed by atoms with Gasteiger partial charge in [-0.05, 0) is 56.1 Å². The molecule has 0 radical (unpaired) electrons. The molecule has 3 heteroatoms. The van der Waals surface area contributed by atoms with Gasteiger partial charge < -0.3 is 4.74 Å². The smallest absolute Gasteiger partial charge is 0.363 e. The first kappa shape index (κ1) is 16.0. The molecular formula is C26H15NO2. The molecule has 0 unspecified atom stereocenters. The third-order valence-corrected chi connectivity index (χ3v) is 5.50. The molecule has 0 spiro atoms. The highest BCUT2D eigenvalue weighted by Crippen LogP contribution is 2.36. The Hall–Kier alpha value is -3.98. The number of rotatable bonds is 2. The number of hydrogen-bond acceptors (Lipinski definition) is 3. The van der Waals surface area contributed by atoms with E-state index in [0.29, 0.717) is 11.6 Å². The van der Waals surface area contributed by atoms with Gasteiger partial charge in [0.15, 0.2) is 5.70 Å². The van der Waals surface area contributed by atoms with Gasteiger partial charge in [-0.1, -0.05) is 72.8 Å². The quantitative estimate of drug-likeness (QED) is 0.219. The Bertz CT molecular complexity index is 1460. The molecule has 0 aromatic heterocycles. The van der Waals surface area contributed by atoms with Crippen LogP contribution < -0.4 is 0 Å². The van der Waals surface area contributed by atoms with Gasteiger partial charge in [0.25, 0.3) is 0 Å². The van der Waals surface area contributed by atoms with Gasteiger partial charge in [-0.15, -0.1) is 0 Å².